The van der Waals surface area contributed by atoms with Crippen molar-refractivity contribution in [2.75, 3.05) is 13.1 Å². The molecule has 0 unspecified atom stereocenters. The monoisotopic (exact) mass is 360 g/mol. The molecule has 0 N–H and O–H groups in total. The molecule has 1 aliphatic rings. The first-order valence-electron chi connectivity index (χ1n) is 8.14. The number of nitrogens with zero attached hydrogens (tertiary/aromatic N) is 2. The maximum atomic E-state index is 12.8. The zero-order valence-electron chi connectivity index (χ0n) is 14.8. The van der Waals surface area contributed by atoms with Crippen molar-refractivity contribution in [3.8, 4) is 5.88 Å². The molecule has 25 heavy (non-hydrogen) atoms. The molecular formula is C17H23F3N2O3. The molecule has 1 fully saturated rings. The van der Waals surface area contributed by atoms with Gasteiger partial charge in [-0.05, 0) is 39.3 Å². The van der Waals surface area contributed by atoms with Crippen molar-refractivity contribution in [2.24, 2.45) is 0 Å². The zero-order chi connectivity index (χ0) is 18.8. The Morgan fingerprint density at radius 2 is 1.80 bits per heavy atom. The minimum atomic E-state index is -4.51. The molecule has 0 atom stereocenters. The summed E-state index contributed by atoms with van der Waals surface area (Å²) in [6.07, 6.45) is -4.16. The number of rotatable bonds is 2. The number of likely N-dealkylation sites (tertiary alicyclic amines) is 1. The summed E-state index contributed by atoms with van der Waals surface area (Å²) in [5.41, 5.74) is -1.10. The molecule has 140 valence electrons. The van der Waals surface area contributed by atoms with Crippen LogP contribution in [0.4, 0.5) is 18.0 Å². The number of aromatic nitrogens is 1. The molecule has 8 heteroatoms. The first-order chi connectivity index (χ1) is 11.4. The molecule has 1 amide bonds. The number of pyridine rings is 1. The second-order valence-corrected chi connectivity index (χ2v) is 7.15. The quantitative estimate of drug-likeness (QED) is 0.794. The van der Waals surface area contributed by atoms with Gasteiger partial charge in [0.15, 0.2) is 0 Å². The molecule has 1 aromatic rings. The lowest BCUT2D eigenvalue weighted by atomic mass is 10.1. The summed E-state index contributed by atoms with van der Waals surface area (Å²) in [5, 5.41) is 0. The van der Waals surface area contributed by atoms with Gasteiger partial charge in [-0.2, -0.15) is 13.2 Å². The van der Waals surface area contributed by atoms with Crippen LogP contribution in [0.1, 0.15) is 44.9 Å². The van der Waals surface area contributed by atoms with Gasteiger partial charge in [0.2, 0.25) is 5.88 Å². The molecule has 0 saturated carbocycles. The maximum Gasteiger partial charge on any atom is 0.433 e. The van der Waals surface area contributed by atoms with Crippen LogP contribution >= 0.6 is 0 Å². The Bertz CT molecular complexity index is 619. The van der Waals surface area contributed by atoms with Crippen LogP contribution in [0.3, 0.4) is 0 Å². The lowest BCUT2D eigenvalue weighted by molar-refractivity contribution is -0.141. The average Bonchev–Trinajstić information content (AvgIpc) is 2.44. The molecule has 0 spiro atoms. The number of alkyl halides is 3. The molecule has 0 aromatic carbocycles. The van der Waals surface area contributed by atoms with Crippen LogP contribution in [0.2, 0.25) is 0 Å². The van der Waals surface area contributed by atoms with Gasteiger partial charge in [0.25, 0.3) is 0 Å². The van der Waals surface area contributed by atoms with Crippen LogP contribution in [0, 0.1) is 6.92 Å². The lowest BCUT2D eigenvalue weighted by Gasteiger charge is -2.33. The predicted molar refractivity (Wildman–Crippen MR) is 85.4 cm³/mol. The molecule has 1 aliphatic heterocycles. The van der Waals surface area contributed by atoms with Gasteiger partial charge in [-0.25, -0.2) is 9.78 Å². The number of aryl methyl sites for hydroxylation is 1. The molecule has 0 radical (unpaired) electrons. The minimum Gasteiger partial charge on any atom is -0.474 e. The second kappa shape index (κ2) is 7.09. The Kier molecular flexibility index (Phi) is 5.49. The van der Waals surface area contributed by atoms with E-state index in [4.69, 9.17) is 9.47 Å². The summed E-state index contributed by atoms with van der Waals surface area (Å²) in [7, 11) is 0. The highest BCUT2D eigenvalue weighted by Gasteiger charge is 2.34. The summed E-state index contributed by atoms with van der Waals surface area (Å²) in [6, 6.07) is 2.47. The van der Waals surface area contributed by atoms with Gasteiger partial charge in [0, 0.05) is 32.0 Å². The molecule has 5 nitrogen and oxygen atoms in total. The standard InChI is InChI=1S/C17H23F3N2O3/c1-11-9-13(17(18,19)20)21-14(10-11)24-12-5-7-22(8-6-12)15(23)25-16(2,3)4/h9-10,12H,5-8H2,1-4H3. The highest BCUT2D eigenvalue weighted by molar-refractivity contribution is 5.68. The Hall–Kier alpha value is -1.99. The largest absolute Gasteiger partial charge is 0.474 e. The Morgan fingerprint density at radius 3 is 2.32 bits per heavy atom. The number of carbonyl (C=O) groups is 1. The minimum absolute atomic E-state index is 0.0388. The fourth-order valence-corrected chi connectivity index (χ4v) is 2.49. The Balaban J connectivity index is 1.94. The van der Waals surface area contributed by atoms with Crippen molar-refractivity contribution in [1.82, 2.24) is 9.88 Å². The first kappa shape index (κ1) is 19.3. The Morgan fingerprint density at radius 1 is 1.20 bits per heavy atom. The van der Waals surface area contributed by atoms with Crippen molar-refractivity contribution >= 4 is 6.09 Å². The number of halogens is 3. The summed E-state index contributed by atoms with van der Waals surface area (Å²) in [5.74, 6) is -0.0388. The van der Waals surface area contributed by atoms with Crippen molar-refractivity contribution in [1.29, 1.82) is 0 Å². The SMILES string of the molecule is Cc1cc(OC2CCN(C(=O)OC(C)(C)C)CC2)nc(C(F)(F)F)c1. The molecule has 2 heterocycles. The van der Waals surface area contributed by atoms with Crippen LogP contribution in [0.25, 0.3) is 0 Å². The number of ether oxygens (including phenoxy) is 2. The van der Waals surface area contributed by atoms with Gasteiger partial charge in [0.05, 0.1) is 0 Å². The van der Waals surface area contributed by atoms with E-state index in [1.54, 1.807) is 32.6 Å². The fourth-order valence-electron chi connectivity index (χ4n) is 2.49. The van der Waals surface area contributed by atoms with E-state index in [2.05, 4.69) is 4.98 Å². The average molecular weight is 360 g/mol. The van der Waals surface area contributed by atoms with Crippen LogP contribution < -0.4 is 4.74 Å². The van der Waals surface area contributed by atoms with E-state index in [0.29, 0.717) is 31.5 Å². The maximum absolute atomic E-state index is 12.8. The summed E-state index contributed by atoms with van der Waals surface area (Å²) in [6.45, 7) is 7.80. The number of hydrogen-bond donors (Lipinski definition) is 0. The van der Waals surface area contributed by atoms with Gasteiger partial charge in [-0.3, -0.25) is 0 Å². The van der Waals surface area contributed by atoms with Crippen molar-refractivity contribution < 1.29 is 27.4 Å². The van der Waals surface area contributed by atoms with E-state index < -0.39 is 17.5 Å². The predicted octanol–water partition coefficient (Wildman–Crippen LogP) is 4.19. The highest BCUT2D eigenvalue weighted by atomic mass is 19.4. The molecule has 1 aromatic heterocycles. The topological polar surface area (TPSA) is 51.7 Å². The second-order valence-electron chi connectivity index (χ2n) is 7.15. The van der Waals surface area contributed by atoms with E-state index >= 15 is 0 Å². The smallest absolute Gasteiger partial charge is 0.433 e. The third kappa shape index (κ3) is 5.79. The highest BCUT2D eigenvalue weighted by Crippen LogP contribution is 2.30. The van der Waals surface area contributed by atoms with Crippen molar-refractivity contribution in [3.05, 3.63) is 23.4 Å². The molecule has 1 saturated heterocycles. The normalized spacial score (nSPS) is 16.7. The van der Waals surface area contributed by atoms with Crippen LogP contribution in [-0.4, -0.2) is 40.8 Å². The molecular weight excluding hydrogens is 337 g/mol. The van der Waals surface area contributed by atoms with Gasteiger partial charge in [-0.1, -0.05) is 0 Å². The van der Waals surface area contributed by atoms with Gasteiger partial charge >= 0.3 is 12.3 Å². The molecule has 0 bridgehead atoms. The first-order valence-corrected chi connectivity index (χ1v) is 8.14. The van der Waals surface area contributed by atoms with Gasteiger partial charge in [0.1, 0.15) is 17.4 Å². The van der Waals surface area contributed by atoms with E-state index in [-0.39, 0.29) is 18.1 Å². The zero-order valence-corrected chi connectivity index (χ0v) is 14.8. The van der Waals surface area contributed by atoms with E-state index in [1.807, 2.05) is 0 Å². The van der Waals surface area contributed by atoms with Crippen molar-refractivity contribution in [2.45, 2.75) is 58.4 Å². The number of amides is 1. The van der Waals surface area contributed by atoms with Crippen LogP contribution in [-0.2, 0) is 10.9 Å². The van der Waals surface area contributed by atoms with Crippen molar-refractivity contribution in [3.63, 3.8) is 0 Å². The third-order valence-corrected chi connectivity index (χ3v) is 3.62. The van der Waals surface area contributed by atoms with Crippen LogP contribution in [0.15, 0.2) is 12.1 Å². The third-order valence-electron chi connectivity index (χ3n) is 3.62. The molecule has 2 rings (SSSR count). The Labute approximate surface area is 145 Å². The number of piperidine rings is 1. The van der Waals surface area contributed by atoms with E-state index in [1.165, 1.54) is 6.07 Å². The molecule has 0 aliphatic carbocycles. The van der Waals surface area contributed by atoms with E-state index in [9.17, 15) is 18.0 Å². The van der Waals surface area contributed by atoms with E-state index in [0.717, 1.165) is 6.07 Å². The summed E-state index contributed by atoms with van der Waals surface area (Å²) < 4.78 is 49.4. The fraction of sp³-hybridized carbons (Fsp3) is 0.647. The number of carbonyl (C=O) groups excluding carboxylic acids is 1. The van der Waals surface area contributed by atoms with Gasteiger partial charge < -0.3 is 14.4 Å². The summed E-state index contributed by atoms with van der Waals surface area (Å²) in [4.78, 5) is 17.1. The van der Waals surface area contributed by atoms with Gasteiger partial charge in [-0.15, -0.1) is 0 Å². The number of hydrogen-bond acceptors (Lipinski definition) is 4. The lowest BCUT2D eigenvalue weighted by Crippen LogP contribution is -2.44. The summed E-state index contributed by atoms with van der Waals surface area (Å²) >= 11 is 0. The van der Waals surface area contributed by atoms with Crippen LogP contribution in [0.5, 0.6) is 5.88 Å².